The Labute approximate surface area is 885 Å². The fourth-order valence-corrected chi connectivity index (χ4v) is 18.5. The van der Waals surface area contributed by atoms with Crippen LogP contribution in [-0.2, 0) is 96.6 Å². The summed E-state index contributed by atoms with van der Waals surface area (Å²) >= 11 is 33.5. The van der Waals surface area contributed by atoms with E-state index < -0.39 is 68.6 Å². The van der Waals surface area contributed by atoms with E-state index in [0.717, 1.165) is 50.1 Å². The van der Waals surface area contributed by atoms with Gasteiger partial charge < -0.3 is 91.9 Å². The second-order valence-electron chi connectivity index (χ2n) is 34.5. The molecular formula is C110H96BrCl5N12O21. The number of nitrogens with zero attached hydrogens (tertiary/aromatic N) is 10. The first-order chi connectivity index (χ1) is 71.8. The van der Waals surface area contributed by atoms with E-state index in [0.29, 0.717) is 128 Å². The first-order valence-electron chi connectivity index (χ1n) is 46.7. The van der Waals surface area contributed by atoms with Crippen LogP contribution in [0.15, 0.2) is 302 Å². The van der Waals surface area contributed by atoms with Crippen LogP contribution in [0.3, 0.4) is 0 Å². The molecule has 0 fully saturated rings. The highest BCUT2D eigenvalue weighted by Gasteiger charge is 2.39. The molecule has 5 aromatic heterocycles. The maximum Gasteiger partial charge on any atom is 0.343 e. The summed E-state index contributed by atoms with van der Waals surface area (Å²) in [7, 11) is 4.04. The lowest BCUT2D eigenvalue weighted by Crippen LogP contribution is -2.42. The number of esters is 1. The molecule has 10 heterocycles. The van der Waals surface area contributed by atoms with Crippen molar-refractivity contribution in [3.63, 3.8) is 0 Å². The molecule has 4 N–H and O–H groups in total. The lowest BCUT2D eigenvalue weighted by atomic mass is 10.1. The van der Waals surface area contributed by atoms with E-state index in [-0.39, 0.29) is 118 Å². The summed E-state index contributed by atoms with van der Waals surface area (Å²) in [6.45, 7) is 6.34. The van der Waals surface area contributed by atoms with Crippen molar-refractivity contribution in [1.82, 2.24) is 58.0 Å². The number of aromatic hydroxyl groups is 1. The van der Waals surface area contributed by atoms with Crippen molar-refractivity contribution in [1.29, 1.82) is 0 Å². The van der Waals surface area contributed by atoms with Crippen LogP contribution in [0, 0.1) is 0 Å². The Kier molecular flexibility index (Phi) is 35.5. The number of carboxylic acids is 1. The largest absolute Gasteiger partial charge is 0.503 e. The van der Waals surface area contributed by atoms with Gasteiger partial charge in [0, 0.05) is 168 Å². The predicted octanol–water partition coefficient (Wildman–Crippen LogP) is 15.8. The number of rotatable bonds is 26. The molecule has 14 aromatic rings. The first kappa shape index (κ1) is 107. The summed E-state index contributed by atoms with van der Waals surface area (Å²) in [6.07, 6.45) is 6.98. The number of aromatic carboxylic acids is 1. The fourth-order valence-electron chi connectivity index (χ4n) is 17.0. The molecule has 0 bridgehead atoms. The molecule has 33 nitrogen and oxygen atoms in total. The van der Waals surface area contributed by atoms with Crippen molar-refractivity contribution in [3.05, 3.63) is 455 Å². The summed E-state index contributed by atoms with van der Waals surface area (Å²) in [5, 5.41) is 27.4. The number of carboxylic acid groups (broad SMARTS) is 1. The number of methoxy groups -OCH3 is 1. The number of hydrogen-bond acceptors (Lipinski definition) is 20. The second-order valence-corrected chi connectivity index (χ2v) is 37.5. The quantitative estimate of drug-likeness (QED) is 0.0366. The van der Waals surface area contributed by atoms with Crippen molar-refractivity contribution in [2.45, 2.75) is 91.9 Å². The third-order valence-electron chi connectivity index (χ3n) is 24.5. The number of aromatic nitrogens is 5. The molecule has 764 valence electrons. The van der Waals surface area contributed by atoms with E-state index in [2.05, 4.69) is 26.6 Å². The number of pyridine rings is 5. The van der Waals surface area contributed by atoms with Crippen LogP contribution in [0.1, 0.15) is 144 Å². The van der Waals surface area contributed by atoms with E-state index in [1.165, 1.54) is 60.0 Å². The highest BCUT2D eigenvalue weighted by Crippen LogP contribution is 2.33. The van der Waals surface area contributed by atoms with Gasteiger partial charge in [0.25, 0.3) is 41.4 Å². The standard InChI is InChI=1S/C24H22ClN3O4.C24H21ClN2O5.C23H19ClN2O5.C22H18BrClN2O3.C17H16ClN3O4/c1-26-23(30)19-14-27-10-11-28(13-17-8-5-9-18(25)12-17)24(31)20(27)22(21(19)29)32-15-16-6-3-2-4-7-16;1-31-24(30)19-14-26-10-11-27(13-17-8-5-9-18(25)12-17)23(29)20(26)22(21(19)28)32-15-16-6-3-2-4-7-16;24-17-8-4-7-16(11-17)12-26-10-9-25-13-18(23(29)30)20(27)21(19(25)22(26)28)31-14-15-5-2-1-3-6-15;23-18-13-25-9-10-26(12-16-7-4-8-17(24)11-16)22(28)19(25)21(20(18)27)29-14-15-5-2-1-3-6-15;1-19-16(24)12-9-20-5-6-21(8-10-3-2-4-11(18)7-10)17(25)13(20)15(23)14(12)22/h2-9,12,14H,10-11,13,15H2,1H3,(H,26,30);2-9,12,14H,10-11,13,15H2,1H3;1-8,11,13H,9-10,12,14H2,(H,29,30);1-8,11,13H,9-10,12,14H2;2-4,7,9,23H,5-6,8H2,1H3,(H,19,24). The minimum Gasteiger partial charge on any atom is -0.503 e. The van der Waals surface area contributed by atoms with E-state index in [1.807, 2.05) is 176 Å². The van der Waals surface area contributed by atoms with Crippen LogP contribution >= 0.6 is 73.9 Å². The summed E-state index contributed by atoms with van der Waals surface area (Å²) < 4.78 is 36.3. The summed E-state index contributed by atoms with van der Waals surface area (Å²) in [5.41, 5.74) is 4.14. The number of hydrogen-bond donors (Lipinski definition) is 4. The average molecular weight is 2180 g/mol. The van der Waals surface area contributed by atoms with Gasteiger partial charge in [-0.2, -0.15) is 0 Å². The molecule has 0 atom stereocenters. The van der Waals surface area contributed by atoms with Gasteiger partial charge in [-0.25, -0.2) is 9.59 Å². The predicted molar refractivity (Wildman–Crippen MR) is 562 cm³/mol. The Hall–Kier alpha value is -16.1. The third-order valence-corrected chi connectivity index (χ3v) is 26.2. The van der Waals surface area contributed by atoms with E-state index in [4.69, 9.17) is 81.7 Å². The van der Waals surface area contributed by atoms with Gasteiger partial charge in [-0.3, -0.25) is 57.5 Å². The van der Waals surface area contributed by atoms with Gasteiger partial charge in [0.1, 0.15) is 48.7 Å². The SMILES string of the molecule is CNC(=O)c1cn2c(c(O)c1=O)C(=O)N(Cc1cccc(Cl)c1)CC2.CNC(=O)c1cn2c(c(OCc3ccccc3)c1=O)C(=O)N(Cc1cccc(Cl)c1)CC2.COC(=O)c1cn2c(c(OCc3ccccc3)c1=O)C(=O)N(Cc1cccc(Cl)c1)CC2.O=C(O)c1cn2c(c(OCc3ccccc3)c1=O)C(=O)N(Cc1cccc(Cl)c1)CC2.O=C1c2c(OCc3ccccc3)c(=O)c(Br)cn2CCN1Cc1cccc(Cl)c1. The Bertz CT molecular complexity index is 7600. The molecule has 0 radical (unpaired) electrons. The van der Waals surface area contributed by atoms with Crippen molar-refractivity contribution >= 4 is 127 Å². The number of carbonyl (C=O) groups is 9. The van der Waals surface area contributed by atoms with Gasteiger partial charge in [-0.15, -0.1) is 0 Å². The minimum absolute atomic E-state index is 0.0354. The summed E-state index contributed by atoms with van der Waals surface area (Å²) in [5.74, 6) is -6.21. The van der Waals surface area contributed by atoms with Gasteiger partial charge in [0.05, 0.1) is 11.6 Å². The topological polar surface area (TPSA) is 391 Å². The lowest BCUT2D eigenvalue weighted by Gasteiger charge is -2.31. The molecule has 19 rings (SSSR count). The van der Waals surface area contributed by atoms with Gasteiger partial charge >= 0.3 is 11.9 Å². The number of nitrogens with one attached hydrogen (secondary N) is 2. The van der Waals surface area contributed by atoms with Crippen LogP contribution in [0.25, 0.3) is 0 Å². The Morgan fingerprint density at radius 1 is 0.302 bits per heavy atom. The summed E-state index contributed by atoms with van der Waals surface area (Å²) in [4.78, 5) is 186. The highest BCUT2D eigenvalue weighted by molar-refractivity contribution is 9.10. The summed E-state index contributed by atoms with van der Waals surface area (Å²) in [6, 6.07) is 73.6. The van der Waals surface area contributed by atoms with Gasteiger partial charge in [-0.1, -0.05) is 240 Å². The van der Waals surface area contributed by atoms with E-state index in [9.17, 15) is 77.3 Å². The van der Waals surface area contributed by atoms with Gasteiger partial charge in [-0.05, 0) is 127 Å². The lowest BCUT2D eigenvalue weighted by molar-refractivity contribution is 0.0589. The maximum absolute atomic E-state index is 13.4. The van der Waals surface area contributed by atoms with Crippen LogP contribution in [0.2, 0.25) is 25.1 Å². The normalized spacial score (nSPS) is 13.1. The number of ether oxygens (including phenoxy) is 5. The molecule has 0 aliphatic carbocycles. The minimum atomic E-state index is -1.36. The van der Waals surface area contributed by atoms with Crippen LogP contribution < -0.4 is 56.7 Å². The van der Waals surface area contributed by atoms with Gasteiger partial charge in [0.2, 0.25) is 27.1 Å². The molecule has 5 aliphatic rings. The second kappa shape index (κ2) is 49.4. The molecule has 7 amide bonds. The van der Waals surface area contributed by atoms with Crippen molar-refractivity contribution in [3.8, 4) is 28.7 Å². The highest BCUT2D eigenvalue weighted by atomic mass is 79.9. The number of benzene rings is 9. The van der Waals surface area contributed by atoms with E-state index in [1.54, 1.807) is 106 Å². The number of fused-ring (bicyclic) bond motifs is 5. The Morgan fingerprint density at radius 2 is 0.537 bits per heavy atom. The van der Waals surface area contributed by atoms with Crippen LogP contribution in [0.5, 0.6) is 28.7 Å². The van der Waals surface area contributed by atoms with Crippen molar-refractivity contribution < 1.29 is 77.0 Å². The van der Waals surface area contributed by atoms with Crippen molar-refractivity contribution in [2.75, 3.05) is 53.9 Å². The molecule has 39 heteroatoms. The molecule has 149 heavy (non-hydrogen) atoms. The maximum atomic E-state index is 13.4. The zero-order chi connectivity index (χ0) is 106. The number of amides is 7. The van der Waals surface area contributed by atoms with Crippen LogP contribution in [-0.4, -0.2) is 165 Å². The molecule has 0 spiro atoms. The zero-order valence-electron chi connectivity index (χ0n) is 80.3. The smallest absolute Gasteiger partial charge is 0.343 e. The van der Waals surface area contributed by atoms with Crippen LogP contribution in [0.4, 0.5) is 0 Å². The number of halogens is 6. The molecule has 0 saturated carbocycles. The van der Waals surface area contributed by atoms with Crippen molar-refractivity contribution in [2.24, 2.45) is 0 Å². The van der Waals surface area contributed by atoms with Gasteiger partial charge in [0.15, 0.2) is 57.2 Å². The first-order valence-corrected chi connectivity index (χ1v) is 49.4. The zero-order valence-corrected chi connectivity index (χ0v) is 85.7. The molecule has 9 aromatic carbocycles. The molecule has 0 saturated heterocycles. The third kappa shape index (κ3) is 25.9. The molecule has 5 aliphatic heterocycles. The molecular weight excluding hydrogens is 2080 g/mol. The van der Waals surface area contributed by atoms with E-state index >= 15 is 0 Å². The molecule has 0 unspecified atom stereocenters. The Morgan fingerprint density at radius 3 is 0.812 bits per heavy atom. The number of carbonyl (C=O) groups excluding carboxylic acids is 8. The fraction of sp³-hybridized carbons (Fsp3) is 0.200. The monoisotopic (exact) mass is 2170 g/mol. The Balaban J connectivity index is 0.000000140. The average Bonchev–Trinajstić information content (AvgIpc) is 0.745.